The van der Waals surface area contributed by atoms with Crippen LogP contribution >= 0.6 is 0 Å². The number of amides is 2. The Kier molecular flexibility index (Phi) is 8.26. The third kappa shape index (κ3) is 8.56. The molecule has 0 aliphatic rings. The Labute approximate surface area is 161 Å². The normalized spacial score (nSPS) is 12.2. The first kappa shape index (κ1) is 22.5. The molecule has 0 spiro atoms. The van der Waals surface area contributed by atoms with E-state index in [0.717, 1.165) is 5.56 Å². The summed E-state index contributed by atoms with van der Waals surface area (Å²) in [6.07, 6.45) is -0.623. The van der Waals surface area contributed by atoms with E-state index in [-0.39, 0.29) is 5.91 Å². The van der Waals surface area contributed by atoms with Crippen LogP contribution in [-0.4, -0.2) is 60.6 Å². The molecule has 0 saturated heterocycles. The van der Waals surface area contributed by atoms with Crippen LogP contribution in [0.4, 0.5) is 4.79 Å². The van der Waals surface area contributed by atoms with Crippen molar-refractivity contribution in [2.75, 3.05) is 27.2 Å². The Hall–Kier alpha value is -2.59. The van der Waals surface area contributed by atoms with Gasteiger partial charge in [-0.3, -0.25) is 4.79 Å². The molecule has 1 aromatic carbocycles. The molecule has 0 aliphatic heterocycles. The molecule has 148 valence electrons. The van der Waals surface area contributed by atoms with Gasteiger partial charge in [0.1, 0.15) is 11.6 Å². The molecule has 1 rings (SSSR count). The zero-order valence-corrected chi connectivity index (χ0v) is 17.1. The summed E-state index contributed by atoms with van der Waals surface area (Å²) >= 11 is 0. The number of benzene rings is 1. The summed E-state index contributed by atoms with van der Waals surface area (Å²) in [5, 5.41) is 11.7. The second-order valence-corrected chi connectivity index (χ2v) is 7.74. The summed E-state index contributed by atoms with van der Waals surface area (Å²) in [5.41, 5.74) is 0.785. The van der Waals surface area contributed by atoms with Crippen molar-refractivity contribution in [2.24, 2.45) is 0 Å². The first-order chi connectivity index (χ1) is 12.5. The number of carbonyl (C=O) groups excluding carboxylic acids is 2. The predicted octanol–water partition coefficient (Wildman–Crippen LogP) is 2.36. The highest BCUT2D eigenvalue weighted by Crippen LogP contribution is 2.11. The largest absolute Gasteiger partial charge is 0.444 e. The number of nitrogens with zero attached hydrogens (tertiary/aromatic N) is 3. The molecule has 0 unspecified atom stereocenters. The Morgan fingerprint density at radius 1 is 1.26 bits per heavy atom. The van der Waals surface area contributed by atoms with Crippen LogP contribution in [0.3, 0.4) is 0 Å². The lowest BCUT2D eigenvalue weighted by Gasteiger charge is -2.28. The van der Waals surface area contributed by atoms with Gasteiger partial charge in [-0.25, -0.2) is 4.79 Å². The molecular formula is C20H30N4O3. The average molecular weight is 374 g/mol. The lowest BCUT2D eigenvalue weighted by molar-refractivity contribution is -0.133. The number of alkyl carbamates (subject to hydrolysis) is 1. The predicted molar refractivity (Wildman–Crippen MR) is 104 cm³/mol. The number of likely N-dealkylation sites (N-methyl/N-ethyl adjacent to an activating group) is 1. The summed E-state index contributed by atoms with van der Waals surface area (Å²) in [4.78, 5) is 28.5. The zero-order valence-electron chi connectivity index (χ0n) is 17.1. The van der Waals surface area contributed by atoms with E-state index in [9.17, 15) is 9.59 Å². The molecule has 0 aliphatic carbocycles. The second kappa shape index (κ2) is 9.93. The van der Waals surface area contributed by atoms with Crippen LogP contribution in [0.15, 0.2) is 24.3 Å². The molecule has 7 heteroatoms. The summed E-state index contributed by atoms with van der Waals surface area (Å²) in [7, 11) is 3.86. The van der Waals surface area contributed by atoms with Crippen LogP contribution in [-0.2, 0) is 16.1 Å². The van der Waals surface area contributed by atoms with Crippen molar-refractivity contribution in [1.29, 1.82) is 5.26 Å². The van der Waals surface area contributed by atoms with Gasteiger partial charge in [-0.15, -0.1) is 0 Å². The number of ether oxygens (including phenoxy) is 1. The lowest BCUT2D eigenvalue weighted by atomic mass is 10.1. The molecule has 0 radical (unpaired) electrons. The van der Waals surface area contributed by atoms with Gasteiger partial charge in [-0.05, 0) is 59.5 Å². The van der Waals surface area contributed by atoms with Crippen LogP contribution < -0.4 is 5.32 Å². The second-order valence-electron chi connectivity index (χ2n) is 7.74. The monoisotopic (exact) mass is 374 g/mol. The minimum atomic E-state index is -0.721. The fourth-order valence-electron chi connectivity index (χ4n) is 2.37. The first-order valence-electron chi connectivity index (χ1n) is 8.94. The smallest absolute Gasteiger partial charge is 0.408 e. The van der Waals surface area contributed by atoms with Crippen LogP contribution in [0.2, 0.25) is 0 Å². The third-order valence-electron chi connectivity index (χ3n) is 3.66. The summed E-state index contributed by atoms with van der Waals surface area (Å²) in [5.74, 6) is -0.204. The number of hydrogen-bond acceptors (Lipinski definition) is 5. The van der Waals surface area contributed by atoms with E-state index in [1.54, 1.807) is 50.8 Å². The van der Waals surface area contributed by atoms with Crippen molar-refractivity contribution < 1.29 is 14.3 Å². The van der Waals surface area contributed by atoms with Crippen LogP contribution in [0.1, 0.15) is 38.8 Å². The zero-order chi connectivity index (χ0) is 20.6. The van der Waals surface area contributed by atoms with E-state index in [2.05, 4.69) is 11.4 Å². The van der Waals surface area contributed by atoms with E-state index in [1.807, 2.05) is 25.1 Å². The molecule has 0 heterocycles. The molecule has 0 saturated carbocycles. The van der Waals surface area contributed by atoms with E-state index >= 15 is 0 Å². The minimum absolute atomic E-state index is 0.204. The fourth-order valence-corrected chi connectivity index (χ4v) is 2.37. The molecule has 0 bridgehead atoms. The quantitative estimate of drug-likeness (QED) is 0.792. The Morgan fingerprint density at radius 2 is 1.93 bits per heavy atom. The molecular weight excluding hydrogens is 344 g/mol. The van der Waals surface area contributed by atoms with E-state index < -0.39 is 17.7 Å². The lowest BCUT2D eigenvalue weighted by Crippen LogP contribution is -2.49. The Balaban J connectivity index is 2.86. The molecule has 2 amide bonds. The average Bonchev–Trinajstić information content (AvgIpc) is 2.56. The number of rotatable bonds is 7. The van der Waals surface area contributed by atoms with E-state index in [0.29, 0.717) is 25.2 Å². The van der Waals surface area contributed by atoms with Gasteiger partial charge in [-0.2, -0.15) is 5.26 Å². The van der Waals surface area contributed by atoms with Crippen molar-refractivity contribution in [3.63, 3.8) is 0 Å². The SMILES string of the molecule is C[C@@H](NC(=O)OC(C)(C)C)C(=O)N(CCN(C)C)Cc1cccc(C#N)c1. The van der Waals surface area contributed by atoms with Gasteiger partial charge in [0.2, 0.25) is 5.91 Å². The highest BCUT2D eigenvalue weighted by Gasteiger charge is 2.25. The maximum atomic E-state index is 12.9. The highest BCUT2D eigenvalue weighted by molar-refractivity contribution is 5.85. The summed E-state index contributed by atoms with van der Waals surface area (Å²) in [6, 6.07) is 8.55. The van der Waals surface area contributed by atoms with Crippen LogP contribution in [0, 0.1) is 11.3 Å². The van der Waals surface area contributed by atoms with Crippen molar-refractivity contribution in [3.8, 4) is 6.07 Å². The van der Waals surface area contributed by atoms with Gasteiger partial charge in [0.05, 0.1) is 11.6 Å². The standard InChI is InChI=1S/C20H30N4O3/c1-15(22-19(26)27-20(2,3)4)18(25)24(11-10-23(5)6)14-17-9-7-8-16(12-17)13-21/h7-9,12,15H,10-11,14H2,1-6H3,(H,22,26)/t15-/m1/s1. The van der Waals surface area contributed by atoms with Gasteiger partial charge in [0.25, 0.3) is 0 Å². The molecule has 0 aromatic heterocycles. The number of nitrogens with one attached hydrogen (secondary N) is 1. The van der Waals surface area contributed by atoms with E-state index in [4.69, 9.17) is 10.00 Å². The van der Waals surface area contributed by atoms with Crippen molar-refractivity contribution >= 4 is 12.0 Å². The maximum absolute atomic E-state index is 12.9. The van der Waals surface area contributed by atoms with E-state index in [1.165, 1.54) is 0 Å². The third-order valence-corrected chi connectivity index (χ3v) is 3.66. The molecule has 1 aromatic rings. The molecule has 7 nitrogen and oxygen atoms in total. The van der Waals surface area contributed by atoms with Gasteiger partial charge in [0.15, 0.2) is 0 Å². The van der Waals surface area contributed by atoms with Gasteiger partial charge in [0, 0.05) is 19.6 Å². The molecule has 27 heavy (non-hydrogen) atoms. The Bertz CT molecular complexity index is 689. The maximum Gasteiger partial charge on any atom is 0.408 e. The van der Waals surface area contributed by atoms with Crippen molar-refractivity contribution in [1.82, 2.24) is 15.1 Å². The van der Waals surface area contributed by atoms with Gasteiger partial charge >= 0.3 is 6.09 Å². The number of nitriles is 1. The fraction of sp³-hybridized carbons (Fsp3) is 0.550. The van der Waals surface area contributed by atoms with Crippen LogP contribution in [0.5, 0.6) is 0 Å². The van der Waals surface area contributed by atoms with Crippen molar-refractivity contribution in [2.45, 2.75) is 45.9 Å². The van der Waals surface area contributed by atoms with Crippen molar-refractivity contribution in [3.05, 3.63) is 35.4 Å². The Morgan fingerprint density at radius 3 is 2.48 bits per heavy atom. The topological polar surface area (TPSA) is 85.7 Å². The number of hydrogen-bond donors (Lipinski definition) is 1. The summed E-state index contributed by atoms with van der Waals surface area (Å²) in [6.45, 7) is 8.49. The van der Waals surface area contributed by atoms with Gasteiger partial charge in [-0.1, -0.05) is 12.1 Å². The molecule has 1 atom stereocenters. The molecule has 0 fully saturated rings. The van der Waals surface area contributed by atoms with Crippen LogP contribution in [0.25, 0.3) is 0 Å². The minimum Gasteiger partial charge on any atom is -0.444 e. The highest BCUT2D eigenvalue weighted by atomic mass is 16.6. The molecule has 1 N–H and O–H groups in total. The summed E-state index contributed by atoms with van der Waals surface area (Å²) < 4.78 is 5.22. The first-order valence-corrected chi connectivity index (χ1v) is 8.94. The van der Waals surface area contributed by atoms with Gasteiger partial charge < -0.3 is 19.9 Å². The number of carbonyl (C=O) groups is 2.